The smallest absolute Gasteiger partial charge is 0.139 e. The van der Waals surface area contributed by atoms with E-state index in [1.807, 2.05) is 0 Å². The van der Waals surface area contributed by atoms with Crippen molar-refractivity contribution in [3.05, 3.63) is 0 Å². The molecule has 1 heteroatoms. The van der Waals surface area contributed by atoms with Crippen LogP contribution in [0.4, 0.5) is 0 Å². The summed E-state index contributed by atoms with van der Waals surface area (Å²) in [7, 11) is 0. The van der Waals surface area contributed by atoms with Crippen LogP contribution >= 0.6 is 0 Å². The number of hydrogen-bond acceptors (Lipinski definition) is 1. The fraction of sp³-hybridized carbons (Fsp3) is 0.929. The van der Waals surface area contributed by atoms with E-state index in [0.717, 1.165) is 23.7 Å². The van der Waals surface area contributed by atoms with Crippen molar-refractivity contribution in [3.8, 4) is 0 Å². The third kappa shape index (κ3) is 1.24. The van der Waals surface area contributed by atoms with Gasteiger partial charge in [0.05, 0.1) is 0 Å². The largest absolute Gasteiger partial charge is 0.299 e. The van der Waals surface area contributed by atoms with Crippen molar-refractivity contribution >= 4 is 5.78 Å². The van der Waals surface area contributed by atoms with Gasteiger partial charge in [-0.2, -0.15) is 0 Å². The molecule has 15 heavy (non-hydrogen) atoms. The number of hydrogen-bond donors (Lipinski definition) is 0. The highest BCUT2D eigenvalue weighted by Gasteiger charge is 2.52. The van der Waals surface area contributed by atoms with Crippen molar-refractivity contribution in [2.24, 2.45) is 35.5 Å². The summed E-state index contributed by atoms with van der Waals surface area (Å²) in [6, 6.07) is 0. The quantitative estimate of drug-likeness (QED) is 0.675. The molecule has 4 bridgehead atoms. The molecule has 0 aliphatic heterocycles. The van der Waals surface area contributed by atoms with Crippen molar-refractivity contribution < 1.29 is 4.79 Å². The number of carbonyl (C=O) groups excluding carboxylic acids is 1. The van der Waals surface area contributed by atoms with E-state index in [9.17, 15) is 4.79 Å². The lowest BCUT2D eigenvalue weighted by Crippen LogP contribution is -2.48. The number of Topliss-reactive ketones (excluding diaryl/α,β-unsaturated/α-hetero) is 1. The van der Waals surface area contributed by atoms with Gasteiger partial charge in [0.25, 0.3) is 0 Å². The van der Waals surface area contributed by atoms with E-state index < -0.39 is 0 Å². The normalized spacial score (nSPS) is 52.1. The topological polar surface area (TPSA) is 17.1 Å². The predicted molar refractivity (Wildman–Crippen MR) is 58.3 cm³/mol. The monoisotopic (exact) mass is 204 g/mol. The highest BCUT2D eigenvalue weighted by Crippen LogP contribution is 2.58. The van der Waals surface area contributed by atoms with Crippen LogP contribution in [0, 0.1) is 35.5 Å². The lowest BCUT2D eigenvalue weighted by atomic mass is 9.51. The summed E-state index contributed by atoms with van der Waals surface area (Å²) in [6.45, 7) is 0. The molecule has 0 aromatic heterocycles. The van der Waals surface area contributed by atoms with Crippen LogP contribution in [0.5, 0.6) is 0 Å². The number of carbonyl (C=O) groups is 1. The van der Waals surface area contributed by atoms with Crippen LogP contribution in [-0.4, -0.2) is 5.78 Å². The molecule has 0 N–H and O–H groups in total. The third-order valence-corrected chi connectivity index (χ3v) is 5.53. The molecule has 5 rings (SSSR count). The maximum atomic E-state index is 12.3. The Morgan fingerprint density at radius 1 is 0.800 bits per heavy atom. The second-order valence-corrected chi connectivity index (χ2v) is 6.63. The molecule has 0 saturated heterocycles. The molecule has 5 aliphatic carbocycles. The SMILES string of the molecule is O=C(C1CC1)C1C2CC3CC(C2)CC1C3. The number of ketones is 1. The van der Waals surface area contributed by atoms with Gasteiger partial charge in [0.15, 0.2) is 0 Å². The second kappa shape index (κ2) is 2.87. The Morgan fingerprint density at radius 3 is 1.80 bits per heavy atom. The predicted octanol–water partition coefficient (Wildman–Crippen LogP) is 3.04. The molecule has 0 radical (unpaired) electrons. The van der Waals surface area contributed by atoms with E-state index in [1.165, 1.54) is 44.9 Å². The van der Waals surface area contributed by atoms with Crippen molar-refractivity contribution in [3.63, 3.8) is 0 Å². The van der Waals surface area contributed by atoms with Gasteiger partial charge in [0.1, 0.15) is 5.78 Å². The molecule has 5 aliphatic rings. The minimum Gasteiger partial charge on any atom is -0.299 e. The summed E-state index contributed by atoms with van der Waals surface area (Å²) in [6.07, 6.45) is 9.51. The van der Waals surface area contributed by atoms with Crippen LogP contribution in [0.3, 0.4) is 0 Å². The maximum absolute atomic E-state index is 12.3. The molecule has 0 heterocycles. The Balaban J connectivity index is 1.61. The molecular formula is C14H20O. The van der Waals surface area contributed by atoms with Gasteiger partial charge in [-0.15, -0.1) is 0 Å². The minimum atomic E-state index is 0.507. The van der Waals surface area contributed by atoms with E-state index in [4.69, 9.17) is 0 Å². The Hall–Kier alpha value is -0.330. The molecule has 0 atom stereocenters. The maximum Gasteiger partial charge on any atom is 0.139 e. The first-order valence-corrected chi connectivity index (χ1v) is 6.85. The van der Waals surface area contributed by atoms with Gasteiger partial charge >= 0.3 is 0 Å². The van der Waals surface area contributed by atoms with E-state index in [2.05, 4.69) is 0 Å². The molecule has 0 aromatic rings. The Labute approximate surface area is 91.6 Å². The number of rotatable bonds is 2. The van der Waals surface area contributed by atoms with Crippen molar-refractivity contribution in [2.75, 3.05) is 0 Å². The van der Waals surface area contributed by atoms with E-state index >= 15 is 0 Å². The minimum absolute atomic E-state index is 0.507. The van der Waals surface area contributed by atoms with Crippen LogP contribution in [-0.2, 0) is 4.79 Å². The summed E-state index contributed by atoms with van der Waals surface area (Å²) >= 11 is 0. The zero-order chi connectivity index (χ0) is 9.99. The first kappa shape index (κ1) is 8.78. The van der Waals surface area contributed by atoms with Crippen LogP contribution < -0.4 is 0 Å². The molecule has 1 nitrogen and oxygen atoms in total. The highest BCUT2D eigenvalue weighted by atomic mass is 16.1. The van der Waals surface area contributed by atoms with Gasteiger partial charge in [-0.1, -0.05) is 0 Å². The molecule has 82 valence electrons. The lowest BCUT2D eigenvalue weighted by molar-refractivity contribution is -0.137. The van der Waals surface area contributed by atoms with Crippen molar-refractivity contribution in [2.45, 2.75) is 44.9 Å². The zero-order valence-electron chi connectivity index (χ0n) is 9.32. The Kier molecular flexibility index (Phi) is 1.68. The second-order valence-electron chi connectivity index (χ2n) is 6.63. The average Bonchev–Trinajstić information content (AvgIpc) is 2.98. The molecule has 0 amide bonds. The molecule has 0 aromatic carbocycles. The van der Waals surface area contributed by atoms with E-state index in [-0.39, 0.29) is 0 Å². The first-order chi connectivity index (χ1) is 7.31. The summed E-state index contributed by atoms with van der Waals surface area (Å²) in [5.74, 6) is 5.36. The van der Waals surface area contributed by atoms with Crippen LogP contribution in [0.15, 0.2) is 0 Å². The van der Waals surface area contributed by atoms with Crippen molar-refractivity contribution in [1.29, 1.82) is 0 Å². The molecular weight excluding hydrogens is 184 g/mol. The molecule has 0 spiro atoms. The third-order valence-electron chi connectivity index (χ3n) is 5.53. The first-order valence-electron chi connectivity index (χ1n) is 6.85. The van der Waals surface area contributed by atoms with Crippen molar-refractivity contribution in [1.82, 2.24) is 0 Å². The Bertz CT molecular complexity index is 274. The van der Waals surface area contributed by atoms with Crippen LogP contribution in [0.1, 0.15) is 44.9 Å². The molecule has 0 unspecified atom stereocenters. The summed E-state index contributed by atoms with van der Waals surface area (Å²) in [5, 5.41) is 0. The van der Waals surface area contributed by atoms with E-state index in [0.29, 0.717) is 17.6 Å². The summed E-state index contributed by atoms with van der Waals surface area (Å²) in [5.41, 5.74) is 0. The molecule has 5 saturated carbocycles. The fourth-order valence-corrected chi connectivity index (χ4v) is 5.03. The fourth-order valence-electron chi connectivity index (χ4n) is 5.03. The molecule has 5 fully saturated rings. The summed E-state index contributed by atoms with van der Waals surface area (Å²) in [4.78, 5) is 12.3. The van der Waals surface area contributed by atoms with Gasteiger partial charge in [0, 0.05) is 11.8 Å². The van der Waals surface area contributed by atoms with Gasteiger partial charge < -0.3 is 0 Å². The lowest BCUT2D eigenvalue weighted by Gasteiger charge is -2.54. The highest BCUT2D eigenvalue weighted by molar-refractivity contribution is 5.86. The zero-order valence-corrected chi connectivity index (χ0v) is 9.32. The van der Waals surface area contributed by atoms with Crippen LogP contribution in [0.2, 0.25) is 0 Å². The van der Waals surface area contributed by atoms with Gasteiger partial charge in [0.2, 0.25) is 0 Å². The van der Waals surface area contributed by atoms with Crippen LogP contribution in [0.25, 0.3) is 0 Å². The van der Waals surface area contributed by atoms with Gasteiger partial charge in [-0.05, 0) is 68.6 Å². The Morgan fingerprint density at radius 2 is 1.33 bits per heavy atom. The van der Waals surface area contributed by atoms with E-state index in [1.54, 1.807) is 0 Å². The standard InChI is InChI=1S/C14H20O/c15-14(10-1-2-10)13-11-4-8-3-9(6-11)7-12(13)5-8/h8-13H,1-7H2. The average molecular weight is 204 g/mol. The summed E-state index contributed by atoms with van der Waals surface area (Å²) < 4.78 is 0. The van der Waals surface area contributed by atoms with Gasteiger partial charge in [-0.25, -0.2) is 0 Å². The van der Waals surface area contributed by atoms with Gasteiger partial charge in [-0.3, -0.25) is 4.79 Å².